The highest BCUT2D eigenvalue weighted by molar-refractivity contribution is 5.88. The minimum absolute atomic E-state index is 0.222. The first-order valence-corrected chi connectivity index (χ1v) is 13.2. The Bertz CT molecular complexity index is 1240. The Morgan fingerprint density at radius 2 is 0.737 bits per heavy atom. The molecule has 4 aromatic carbocycles. The second-order valence-corrected chi connectivity index (χ2v) is 9.25. The molecule has 4 rings (SSSR count). The molecule has 0 fully saturated rings. The molecular formula is C37H34O. The lowest BCUT2D eigenvalue weighted by Crippen LogP contribution is -2.20. The molecule has 0 aliphatic heterocycles. The van der Waals surface area contributed by atoms with E-state index in [1.54, 1.807) is 0 Å². The molecule has 0 saturated carbocycles. The Morgan fingerprint density at radius 3 is 1.05 bits per heavy atom. The predicted octanol–water partition coefficient (Wildman–Crippen LogP) is 9.42. The fourth-order valence-corrected chi connectivity index (χ4v) is 4.27. The lowest BCUT2D eigenvalue weighted by atomic mass is 9.86. The van der Waals surface area contributed by atoms with Crippen LogP contribution in [0.5, 0.6) is 0 Å². The van der Waals surface area contributed by atoms with Crippen molar-refractivity contribution in [1.29, 1.82) is 0 Å². The summed E-state index contributed by atoms with van der Waals surface area (Å²) in [5.41, 5.74) is 4.46. The maximum absolute atomic E-state index is 14.0. The van der Waals surface area contributed by atoms with Crippen molar-refractivity contribution in [2.75, 3.05) is 0 Å². The molecular weight excluding hydrogens is 460 g/mol. The topological polar surface area (TPSA) is 17.1 Å². The summed E-state index contributed by atoms with van der Waals surface area (Å²) in [6, 6.07) is 40.8. The van der Waals surface area contributed by atoms with Gasteiger partial charge in [0, 0.05) is 11.8 Å². The molecule has 1 nitrogen and oxygen atoms in total. The molecule has 0 N–H and O–H groups in total. The van der Waals surface area contributed by atoms with E-state index in [0.29, 0.717) is 12.8 Å². The molecule has 0 bridgehead atoms. The highest BCUT2D eigenvalue weighted by Gasteiger charge is 2.22. The lowest BCUT2D eigenvalue weighted by Gasteiger charge is -2.16. The summed E-state index contributed by atoms with van der Waals surface area (Å²) in [5.74, 6) is -0.240. The van der Waals surface area contributed by atoms with Crippen LogP contribution in [0.4, 0.5) is 0 Å². The largest absolute Gasteiger partial charge is 0.298 e. The molecule has 0 aromatic heterocycles. The van der Waals surface area contributed by atoms with E-state index < -0.39 is 0 Å². The second kappa shape index (κ2) is 14.9. The summed E-state index contributed by atoms with van der Waals surface area (Å²) in [7, 11) is 0. The zero-order valence-corrected chi connectivity index (χ0v) is 21.6. The molecule has 2 atom stereocenters. The minimum Gasteiger partial charge on any atom is -0.298 e. The molecule has 4 aromatic rings. The number of carbonyl (C=O) groups excluding carboxylic acids is 1. The number of rotatable bonds is 12. The zero-order chi connectivity index (χ0) is 26.3. The summed E-state index contributed by atoms with van der Waals surface area (Å²) >= 11 is 0. The third kappa shape index (κ3) is 8.87. The summed E-state index contributed by atoms with van der Waals surface area (Å²) in [5, 5.41) is 0. The summed E-state index contributed by atoms with van der Waals surface area (Å²) < 4.78 is 0. The summed E-state index contributed by atoms with van der Waals surface area (Å²) in [6.07, 6.45) is 18.0. The maximum atomic E-state index is 14.0. The molecule has 1 heteroatoms. The van der Waals surface area contributed by atoms with Gasteiger partial charge in [0.2, 0.25) is 0 Å². The van der Waals surface area contributed by atoms with Crippen molar-refractivity contribution in [3.05, 3.63) is 168 Å². The Kier molecular flexibility index (Phi) is 10.4. The van der Waals surface area contributed by atoms with Crippen LogP contribution in [0.1, 0.15) is 35.1 Å². The van der Waals surface area contributed by atoms with E-state index in [1.807, 2.05) is 72.8 Å². The van der Waals surface area contributed by atoms with Gasteiger partial charge in [0.1, 0.15) is 5.78 Å². The average molecular weight is 495 g/mol. The van der Waals surface area contributed by atoms with E-state index in [2.05, 4.69) is 97.1 Å². The molecule has 0 spiro atoms. The van der Waals surface area contributed by atoms with Crippen molar-refractivity contribution in [3.8, 4) is 0 Å². The van der Waals surface area contributed by atoms with Gasteiger partial charge in [-0.25, -0.2) is 0 Å². The van der Waals surface area contributed by atoms with E-state index in [-0.39, 0.29) is 17.6 Å². The van der Waals surface area contributed by atoms with Gasteiger partial charge in [-0.3, -0.25) is 4.79 Å². The van der Waals surface area contributed by atoms with Crippen LogP contribution in [0.2, 0.25) is 0 Å². The van der Waals surface area contributed by atoms with Gasteiger partial charge < -0.3 is 0 Å². The third-order valence-electron chi connectivity index (χ3n) is 6.37. The second-order valence-electron chi connectivity index (χ2n) is 9.25. The molecule has 188 valence electrons. The minimum atomic E-state index is -0.231. The SMILES string of the molecule is O=C(C(/C=C/c1ccccc1)C/C=C/c1ccccc1)C(/C=C/c1ccccc1)C/C=C/c1ccccc1. The molecule has 0 radical (unpaired) electrons. The molecule has 0 amide bonds. The molecule has 0 saturated heterocycles. The van der Waals surface area contributed by atoms with Crippen LogP contribution in [0.25, 0.3) is 24.3 Å². The number of benzene rings is 4. The van der Waals surface area contributed by atoms with Crippen molar-refractivity contribution < 1.29 is 4.79 Å². The number of hydrogen-bond acceptors (Lipinski definition) is 1. The summed E-state index contributed by atoms with van der Waals surface area (Å²) in [6.45, 7) is 0. The van der Waals surface area contributed by atoms with E-state index in [1.165, 1.54) is 0 Å². The number of Topliss-reactive ketones (excluding diaryl/α,β-unsaturated/α-hetero) is 1. The quantitative estimate of drug-likeness (QED) is 0.192. The Labute approximate surface area is 227 Å². The van der Waals surface area contributed by atoms with Crippen molar-refractivity contribution >= 4 is 30.1 Å². The first-order chi connectivity index (χ1) is 18.8. The highest BCUT2D eigenvalue weighted by Crippen LogP contribution is 2.22. The standard InChI is InChI=1S/C37H34O/c38-37(35(29-27-33-19-9-3-10-20-33)25-13-23-31-15-5-1-6-16-31)36(30-28-34-21-11-4-12-22-34)26-14-24-32-17-7-2-8-18-32/h1-24,27-30,35-36H,25-26H2/b23-13+,24-14+,29-27+,30-28+. The first-order valence-electron chi connectivity index (χ1n) is 13.2. The van der Waals surface area contributed by atoms with E-state index in [9.17, 15) is 4.79 Å². The smallest absolute Gasteiger partial charge is 0.147 e. The van der Waals surface area contributed by atoms with Gasteiger partial charge in [0.15, 0.2) is 0 Å². The van der Waals surface area contributed by atoms with Crippen LogP contribution in [0.3, 0.4) is 0 Å². The number of carbonyl (C=O) groups is 1. The fraction of sp³-hybridized carbons (Fsp3) is 0.108. The number of allylic oxidation sites excluding steroid dienone is 4. The zero-order valence-electron chi connectivity index (χ0n) is 21.6. The average Bonchev–Trinajstić information content (AvgIpc) is 2.98. The van der Waals surface area contributed by atoms with Gasteiger partial charge in [-0.05, 0) is 35.1 Å². The van der Waals surface area contributed by atoms with Gasteiger partial charge in [-0.2, -0.15) is 0 Å². The molecule has 0 aliphatic carbocycles. The van der Waals surface area contributed by atoms with Crippen LogP contribution in [-0.4, -0.2) is 5.78 Å². The molecule has 2 unspecified atom stereocenters. The van der Waals surface area contributed by atoms with E-state index in [4.69, 9.17) is 0 Å². The summed E-state index contributed by atoms with van der Waals surface area (Å²) in [4.78, 5) is 14.0. The maximum Gasteiger partial charge on any atom is 0.147 e. The molecule has 0 heterocycles. The number of ketones is 1. The van der Waals surface area contributed by atoms with Crippen LogP contribution >= 0.6 is 0 Å². The van der Waals surface area contributed by atoms with Crippen LogP contribution in [0, 0.1) is 11.8 Å². The Hall–Kier alpha value is -4.49. The fourth-order valence-electron chi connectivity index (χ4n) is 4.27. The van der Waals surface area contributed by atoms with Crippen molar-refractivity contribution in [1.82, 2.24) is 0 Å². The lowest BCUT2D eigenvalue weighted by molar-refractivity contribution is -0.123. The monoisotopic (exact) mass is 494 g/mol. The van der Waals surface area contributed by atoms with Gasteiger partial charge in [-0.1, -0.05) is 170 Å². The normalized spacial score (nSPS) is 13.5. The van der Waals surface area contributed by atoms with Crippen molar-refractivity contribution in [2.45, 2.75) is 12.8 Å². The van der Waals surface area contributed by atoms with E-state index in [0.717, 1.165) is 22.3 Å². The van der Waals surface area contributed by atoms with Crippen molar-refractivity contribution in [2.24, 2.45) is 11.8 Å². The van der Waals surface area contributed by atoms with Gasteiger partial charge in [-0.15, -0.1) is 0 Å². The third-order valence-corrected chi connectivity index (χ3v) is 6.37. The van der Waals surface area contributed by atoms with Gasteiger partial charge >= 0.3 is 0 Å². The van der Waals surface area contributed by atoms with E-state index >= 15 is 0 Å². The predicted molar refractivity (Wildman–Crippen MR) is 163 cm³/mol. The van der Waals surface area contributed by atoms with Gasteiger partial charge in [0.05, 0.1) is 0 Å². The molecule has 38 heavy (non-hydrogen) atoms. The van der Waals surface area contributed by atoms with Crippen LogP contribution < -0.4 is 0 Å². The van der Waals surface area contributed by atoms with Gasteiger partial charge in [0.25, 0.3) is 0 Å². The Balaban J connectivity index is 1.58. The van der Waals surface area contributed by atoms with Crippen LogP contribution in [-0.2, 0) is 4.79 Å². The highest BCUT2D eigenvalue weighted by atomic mass is 16.1. The van der Waals surface area contributed by atoms with Crippen LogP contribution in [0.15, 0.2) is 146 Å². The first kappa shape index (κ1) is 26.6. The molecule has 0 aliphatic rings. The van der Waals surface area contributed by atoms with Crippen molar-refractivity contribution in [3.63, 3.8) is 0 Å². The number of hydrogen-bond donors (Lipinski definition) is 0. The Morgan fingerprint density at radius 1 is 0.447 bits per heavy atom.